The summed E-state index contributed by atoms with van der Waals surface area (Å²) in [5.74, 6) is 0.120. The zero-order chi connectivity index (χ0) is 12.7. The molecule has 0 aliphatic rings. The Morgan fingerprint density at radius 3 is 2.94 bits per heavy atom. The first-order valence-electron chi connectivity index (χ1n) is 5.60. The first-order valence-corrected chi connectivity index (χ1v) is 5.60. The third kappa shape index (κ3) is 1.48. The number of carbonyl (C=O) groups excluding carboxylic acids is 1. The molecular weight excluding hydrogens is 228 g/mol. The second kappa shape index (κ2) is 3.73. The first kappa shape index (κ1) is 10.6. The van der Waals surface area contributed by atoms with Crippen molar-refractivity contribution in [2.24, 2.45) is 0 Å². The van der Waals surface area contributed by atoms with Gasteiger partial charge >= 0.3 is 0 Å². The molecule has 18 heavy (non-hydrogen) atoms. The van der Waals surface area contributed by atoms with Crippen molar-refractivity contribution in [1.82, 2.24) is 14.8 Å². The van der Waals surface area contributed by atoms with Crippen LogP contribution in [0.15, 0.2) is 36.5 Å². The van der Waals surface area contributed by atoms with Gasteiger partial charge < -0.3 is 10.7 Å². The maximum absolute atomic E-state index is 12.4. The number of rotatable bonds is 1. The quantitative estimate of drug-likeness (QED) is 0.682. The van der Waals surface area contributed by atoms with E-state index in [4.69, 9.17) is 5.73 Å². The molecule has 2 aromatic heterocycles. The van der Waals surface area contributed by atoms with Crippen LogP contribution >= 0.6 is 0 Å². The Balaban J connectivity index is 2.18. The van der Waals surface area contributed by atoms with Crippen molar-refractivity contribution in [3.8, 4) is 0 Å². The predicted octanol–water partition coefficient (Wildman–Crippen LogP) is 1.94. The molecule has 0 amide bonds. The van der Waals surface area contributed by atoms with Crippen LogP contribution in [-0.2, 0) is 0 Å². The Bertz CT molecular complexity index is 738. The Hall–Kier alpha value is -2.56. The van der Waals surface area contributed by atoms with Gasteiger partial charge in [-0.3, -0.25) is 4.79 Å². The number of nitrogen functional groups attached to an aromatic ring is 1. The Kier molecular flexibility index (Phi) is 2.19. The smallest absolute Gasteiger partial charge is 0.282 e. The molecule has 0 atom stereocenters. The summed E-state index contributed by atoms with van der Waals surface area (Å²) < 4.78 is 1.23. The van der Waals surface area contributed by atoms with Crippen LogP contribution in [0, 0.1) is 6.92 Å². The van der Waals surface area contributed by atoms with E-state index in [1.807, 2.05) is 18.2 Å². The van der Waals surface area contributed by atoms with Gasteiger partial charge in [0.15, 0.2) is 0 Å². The lowest BCUT2D eigenvalue weighted by Gasteiger charge is -2.04. The number of nitrogens with one attached hydrogen (secondary N) is 1. The number of para-hydroxylation sites is 1. The van der Waals surface area contributed by atoms with Gasteiger partial charge in [-0.05, 0) is 19.1 Å². The van der Waals surface area contributed by atoms with Gasteiger partial charge in [0.2, 0.25) is 0 Å². The molecule has 90 valence electrons. The van der Waals surface area contributed by atoms with E-state index >= 15 is 0 Å². The van der Waals surface area contributed by atoms with Crippen molar-refractivity contribution in [2.45, 2.75) is 6.92 Å². The SMILES string of the molecule is Cc1cc(N)n(C(=O)c2cccc3cc[nH]c23)n1. The fourth-order valence-corrected chi connectivity index (χ4v) is 2.06. The number of benzene rings is 1. The monoisotopic (exact) mass is 240 g/mol. The molecule has 5 nitrogen and oxygen atoms in total. The largest absolute Gasteiger partial charge is 0.383 e. The van der Waals surface area contributed by atoms with E-state index in [9.17, 15) is 4.79 Å². The van der Waals surface area contributed by atoms with E-state index in [-0.39, 0.29) is 5.91 Å². The fourth-order valence-electron chi connectivity index (χ4n) is 2.06. The van der Waals surface area contributed by atoms with Crippen molar-refractivity contribution in [1.29, 1.82) is 0 Å². The average molecular weight is 240 g/mol. The zero-order valence-electron chi connectivity index (χ0n) is 9.84. The lowest BCUT2D eigenvalue weighted by Crippen LogP contribution is -2.16. The summed E-state index contributed by atoms with van der Waals surface area (Å²) in [6.07, 6.45) is 1.80. The normalized spacial score (nSPS) is 10.9. The average Bonchev–Trinajstić information content (AvgIpc) is 2.94. The highest BCUT2D eigenvalue weighted by molar-refractivity contribution is 6.07. The topological polar surface area (TPSA) is 76.7 Å². The number of nitrogens with two attached hydrogens (primary N) is 1. The molecule has 0 saturated heterocycles. The number of hydrogen-bond acceptors (Lipinski definition) is 3. The van der Waals surface area contributed by atoms with Crippen LogP contribution in [0.5, 0.6) is 0 Å². The highest BCUT2D eigenvalue weighted by Gasteiger charge is 2.16. The van der Waals surface area contributed by atoms with Crippen molar-refractivity contribution in [3.05, 3.63) is 47.8 Å². The maximum Gasteiger partial charge on any atom is 0.282 e. The number of anilines is 1. The number of aromatic amines is 1. The van der Waals surface area contributed by atoms with E-state index in [1.165, 1.54) is 4.68 Å². The summed E-state index contributed by atoms with van der Waals surface area (Å²) in [6.45, 7) is 1.80. The number of fused-ring (bicyclic) bond motifs is 1. The zero-order valence-corrected chi connectivity index (χ0v) is 9.84. The lowest BCUT2D eigenvalue weighted by atomic mass is 10.1. The van der Waals surface area contributed by atoms with Crippen LogP contribution in [0.4, 0.5) is 5.82 Å². The third-order valence-electron chi connectivity index (χ3n) is 2.87. The number of hydrogen-bond donors (Lipinski definition) is 2. The van der Waals surface area contributed by atoms with Gasteiger partial charge in [0, 0.05) is 17.6 Å². The van der Waals surface area contributed by atoms with E-state index in [2.05, 4.69) is 10.1 Å². The minimum Gasteiger partial charge on any atom is -0.383 e. The number of aryl methyl sites for hydroxylation is 1. The molecule has 2 heterocycles. The highest BCUT2D eigenvalue weighted by Crippen LogP contribution is 2.19. The van der Waals surface area contributed by atoms with Crippen molar-refractivity contribution in [2.75, 3.05) is 5.73 Å². The third-order valence-corrected chi connectivity index (χ3v) is 2.87. The number of aromatic nitrogens is 3. The van der Waals surface area contributed by atoms with Gasteiger partial charge in [0.05, 0.1) is 16.8 Å². The van der Waals surface area contributed by atoms with E-state index in [1.54, 1.807) is 25.3 Å². The standard InChI is InChI=1S/C13H12N4O/c1-8-7-11(14)17(16-8)13(18)10-4-2-3-9-5-6-15-12(9)10/h2-7,15H,14H2,1H3. The van der Waals surface area contributed by atoms with Crippen molar-refractivity contribution in [3.63, 3.8) is 0 Å². The molecule has 5 heteroatoms. The molecular formula is C13H12N4O. The lowest BCUT2D eigenvalue weighted by molar-refractivity contribution is 0.0949. The molecule has 0 spiro atoms. The summed E-state index contributed by atoms with van der Waals surface area (Å²) in [4.78, 5) is 15.5. The number of H-pyrrole nitrogens is 1. The molecule has 0 unspecified atom stereocenters. The summed E-state index contributed by atoms with van der Waals surface area (Å²) >= 11 is 0. The Morgan fingerprint density at radius 1 is 1.39 bits per heavy atom. The molecule has 3 rings (SSSR count). The predicted molar refractivity (Wildman–Crippen MR) is 69.4 cm³/mol. The summed E-state index contributed by atoms with van der Waals surface area (Å²) in [5, 5.41) is 5.10. The van der Waals surface area contributed by atoms with Crippen LogP contribution in [-0.4, -0.2) is 20.7 Å². The molecule has 0 aliphatic heterocycles. The minimum absolute atomic E-state index is 0.228. The molecule has 0 fully saturated rings. The molecule has 0 radical (unpaired) electrons. The molecule has 0 bridgehead atoms. The number of carbonyl (C=O) groups is 1. The summed E-state index contributed by atoms with van der Waals surface area (Å²) in [6, 6.07) is 9.14. The van der Waals surface area contributed by atoms with Crippen molar-refractivity contribution >= 4 is 22.6 Å². The van der Waals surface area contributed by atoms with E-state index in [0.29, 0.717) is 11.4 Å². The molecule has 3 aromatic rings. The van der Waals surface area contributed by atoms with Crippen LogP contribution in [0.25, 0.3) is 10.9 Å². The van der Waals surface area contributed by atoms with Gasteiger partial charge in [-0.25, -0.2) is 0 Å². The van der Waals surface area contributed by atoms with Gasteiger partial charge in [0.25, 0.3) is 5.91 Å². The molecule has 0 saturated carbocycles. The van der Waals surface area contributed by atoms with Gasteiger partial charge in [-0.15, -0.1) is 0 Å². The van der Waals surface area contributed by atoms with Gasteiger partial charge in [-0.2, -0.15) is 9.78 Å². The minimum atomic E-state index is -0.228. The van der Waals surface area contributed by atoms with Crippen molar-refractivity contribution < 1.29 is 4.79 Å². The van der Waals surface area contributed by atoms with Crippen LogP contribution in [0.2, 0.25) is 0 Å². The van der Waals surface area contributed by atoms with E-state index < -0.39 is 0 Å². The van der Waals surface area contributed by atoms with Gasteiger partial charge in [-0.1, -0.05) is 12.1 Å². The highest BCUT2D eigenvalue weighted by atomic mass is 16.2. The van der Waals surface area contributed by atoms with Crippen LogP contribution in [0.1, 0.15) is 16.1 Å². The second-order valence-electron chi connectivity index (χ2n) is 4.18. The Labute approximate surface area is 103 Å². The summed E-state index contributed by atoms with van der Waals surface area (Å²) in [7, 11) is 0. The summed E-state index contributed by atoms with van der Waals surface area (Å²) in [5.41, 5.74) is 7.85. The van der Waals surface area contributed by atoms with E-state index in [0.717, 1.165) is 16.6 Å². The Morgan fingerprint density at radius 2 is 2.22 bits per heavy atom. The molecule has 1 aromatic carbocycles. The first-order chi connectivity index (χ1) is 8.66. The molecule has 3 N–H and O–H groups in total. The van der Waals surface area contributed by atoms with Gasteiger partial charge in [0.1, 0.15) is 5.82 Å². The second-order valence-corrected chi connectivity index (χ2v) is 4.18. The fraction of sp³-hybridized carbons (Fsp3) is 0.0769. The van der Waals surface area contributed by atoms with Crippen LogP contribution < -0.4 is 5.73 Å². The maximum atomic E-state index is 12.4. The van der Waals surface area contributed by atoms with Crippen LogP contribution in [0.3, 0.4) is 0 Å². The molecule has 0 aliphatic carbocycles. The number of nitrogens with zero attached hydrogens (tertiary/aromatic N) is 2.